The number of hydrogen-bond acceptors (Lipinski definition) is 6. The van der Waals surface area contributed by atoms with Crippen LogP contribution in [0.1, 0.15) is 36.0 Å². The summed E-state index contributed by atoms with van der Waals surface area (Å²) in [6.45, 7) is 3.13. The average molecular weight is 404 g/mol. The zero-order valence-corrected chi connectivity index (χ0v) is 17.2. The third-order valence-corrected chi connectivity index (χ3v) is 5.98. The van der Waals surface area contributed by atoms with Crippen molar-refractivity contribution >= 4 is 0 Å². The van der Waals surface area contributed by atoms with Crippen molar-refractivity contribution in [3.8, 4) is 22.8 Å². The highest BCUT2D eigenvalue weighted by Crippen LogP contribution is 2.47. The molecule has 1 aliphatic heterocycles. The standard InChI is InChI=1S/C23H24N4O3/c1-14-24-12-20(18-7-5-16-4-3-9-27(16)23(18)28)22(26-14)30-13-15-10-19(15)21-8-6-17(29-2)11-25-21/h5-8,11-12,15,19H,3-4,9-10,13H2,1-2H3/t15-,19+/m1/s1. The fraction of sp³-hybridized carbons (Fsp3) is 0.391. The van der Waals surface area contributed by atoms with Gasteiger partial charge in [0.05, 0.1) is 31.0 Å². The SMILES string of the molecule is COc1ccc([C@H]2C[C@@H]2COc2nc(C)ncc2-c2ccc3n(c2=O)CCC3)nc1. The second-order valence-corrected chi connectivity index (χ2v) is 7.97. The van der Waals surface area contributed by atoms with Crippen molar-refractivity contribution in [2.24, 2.45) is 5.92 Å². The van der Waals surface area contributed by atoms with Crippen LogP contribution in [0.3, 0.4) is 0 Å². The summed E-state index contributed by atoms with van der Waals surface area (Å²) in [5.41, 5.74) is 3.41. The van der Waals surface area contributed by atoms with E-state index in [0.29, 0.717) is 41.3 Å². The second-order valence-electron chi connectivity index (χ2n) is 7.97. The Kier molecular flexibility index (Phi) is 4.73. The number of nitrogens with zero attached hydrogens (tertiary/aromatic N) is 4. The molecule has 2 atom stereocenters. The normalized spacial score (nSPS) is 19.4. The van der Waals surface area contributed by atoms with Crippen molar-refractivity contribution in [1.29, 1.82) is 0 Å². The van der Waals surface area contributed by atoms with Crippen molar-refractivity contribution in [1.82, 2.24) is 19.5 Å². The van der Waals surface area contributed by atoms with Crippen molar-refractivity contribution < 1.29 is 9.47 Å². The van der Waals surface area contributed by atoms with Crippen LogP contribution in [-0.2, 0) is 13.0 Å². The number of aromatic nitrogens is 4. The fourth-order valence-electron chi connectivity index (χ4n) is 4.16. The van der Waals surface area contributed by atoms with Crippen molar-refractivity contribution in [2.75, 3.05) is 13.7 Å². The molecule has 0 bridgehead atoms. The van der Waals surface area contributed by atoms with Gasteiger partial charge >= 0.3 is 0 Å². The van der Waals surface area contributed by atoms with Crippen molar-refractivity contribution in [2.45, 2.75) is 38.6 Å². The monoisotopic (exact) mass is 404 g/mol. The van der Waals surface area contributed by atoms with Crippen LogP contribution >= 0.6 is 0 Å². The van der Waals surface area contributed by atoms with E-state index in [-0.39, 0.29) is 5.56 Å². The van der Waals surface area contributed by atoms with E-state index in [4.69, 9.17) is 9.47 Å². The summed E-state index contributed by atoms with van der Waals surface area (Å²) in [6.07, 6.45) is 6.44. The molecule has 0 N–H and O–H groups in total. The Hall–Kier alpha value is -3.22. The number of fused-ring (bicyclic) bond motifs is 1. The lowest BCUT2D eigenvalue weighted by Gasteiger charge is -2.12. The molecular weight excluding hydrogens is 380 g/mol. The molecule has 1 aliphatic carbocycles. The van der Waals surface area contributed by atoms with E-state index in [1.807, 2.05) is 35.8 Å². The molecule has 0 radical (unpaired) electrons. The molecule has 0 saturated heterocycles. The van der Waals surface area contributed by atoms with Crippen LogP contribution in [0.4, 0.5) is 0 Å². The van der Waals surface area contributed by atoms with Gasteiger partial charge in [-0.1, -0.05) is 0 Å². The smallest absolute Gasteiger partial charge is 0.258 e. The number of hydrogen-bond donors (Lipinski definition) is 0. The van der Waals surface area contributed by atoms with Crippen LogP contribution in [0.25, 0.3) is 11.1 Å². The van der Waals surface area contributed by atoms with Gasteiger partial charge in [0.1, 0.15) is 11.6 Å². The maximum absolute atomic E-state index is 13.0. The van der Waals surface area contributed by atoms with E-state index < -0.39 is 0 Å². The molecule has 5 rings (SSSR count). The van der Waals surface area contributed by atoms with Crippen molar-refractivity contribution in [3.05, 3.63) is 64.2 Å². The topological polar surface area (TPSA) is 79.1 Å². The van der Waals surface area contributed by atoms with E-state index in [1.54, 1.807) is 19.5 Å². The fourth-order valence-corrected chi connectivity index (χ4v) is 4.16. The zero-order valence-electron chi connectivity index (χ0n) is 17.2. The molecule has 4 heterocycles. The Labute approximate surface area is 174 Å². The van der Waals surface area contributed by atoms with Crippen LogP contribution < -0.4 is 15.0 Å². The van der Waals surface area contributed by atoms with Gasteiger partial charge in [-0.2, -0.15) is 4.98 Å². The summed E-state index contributed by atoms with van der Waals surface area (Å²) in [7, 11) is 1.64. The van der Waals surface area contributed by atoms with Crippen LogP contribution in [0.5, 0.6) is 11.6 Å². The molecule has 7 heteroatoms. The number of rotatable bonds is 6. The quantitative estimate of drug-likeness (QED) is 0.628. The highest BCUT2D eigenvalue weighted by molar-refractivity contribution is 5.67. The first kappa shape index (κ1) is 18.8. The molecule has 1 fully saturated rings. The van der Waals surface area contributed by atoms with Crippen LogP contribution in [0.2, 0.25) is 0 Å². The molecule has 154 valence electrons. The number of pyridine rings is 2. The molecule has 0 aromatic carbocycles. The van der Waals surface area contributed by atoms with Gasteiger partial charge in [0.2, 0.25) is 5.88 Å². The van der Waals surface area contributed by atoms with Gasteiger partial charge in [-0.3, -0.25) is 9.78 Å². The Morgan fingerprint density at radius 2 is 2.03 bits per heavy atom. The summed E-state index contributed by atoms with van der Waals surface area (Å²) >= 11 is 0. The molecule has 30 heavy (non-hydrogen) atoms. The number of ether oxygens (including phenoxy) is 2. The van der Waals surface area contributed by atoms with Gasteiger partial charge in [0.15, 0.2) is 0 Å². The highest BCUT2D eigenvalue weighted by atomic mass is 16.5. The average Bonchev–Trinajstić information content (AvgIpc) is 3.38. The third kappa shape index (κ3) is 3.44. The van der Waals surface area contributed by atoms with Gasteiger partial charge in [-0.15, -0.1) is 0 Å². The Morgan fingerprint density at radius 1 is 1.13 bits per heavy atom. The summed E-state index contributed by atoms with van der Waals surface area (Å²) in [5, 5.41) is 0. The van der Waals surface area contributed by atoms with Crippen LogP contribution in [-0.4, -0.2) is 33.2 Å². The first-order valence-corrected chi connectivity index (χ1v) is 10.3. The van der Waals surface area contributed by atoms with E-state index in [0.717, 1.165) is 42.9 Å². The molecular formula is C23H24N4O3. The molecule has 0 unspecified atom stereocenters. The van der Waals surface area contributed by atoms with E-state index in [2.05, 4.69) is 15.0 Å². The maximum Gasteiger partial charge on any atom is 0.258 e. The minimum Gasteiger partial charge on any atom is -0.495 e. The molecule has 3 aromatic rings. The Bertz CT molecular complexity index is 1140. The molecule has 7 nitrogen and oxygen atoms in total. The minimum absolute atomic E-state index is 0.00837. The maximum atomic E-state index is 13.0. The van der Waals surface area contributed by atoms with Gasteiger partial charge in [-0.05, 0) is 50.5 Å². The summed E-state index contributed by atoms with van der Waals surface area (Å²) in [5.74, 6) is 2.63. The molecule has 3 aromatic heterocycles. The predicted molar refractivity (Wildman–Crippen MR) is 112 cm³/mol. The second kappa shape index (κ2) is 7.55. The van der Waals surface area contributed by atoms with Crippen LogP contribution in [0.15, 0.2) is 41.5 Å². The number of aryl methyl sites for hydroxylation is 2. The summed E-state index contributed by atoms with van der Waals surface area (Å²) in [4.78, 5) is 26.3. The largest absolute Gasteiger partial charge is 0.495 e. The lowest BCUT2D eigenvalue weighted by Crippen LogP contribution is -2.21. The lowest BCUT2D eigenvalue weighted by atomic mass is 10.1. The highest BCUT2D eigenvalue weighted by Gasteiger charge is 2.40. The van der Waals surface area contributed by atoms with Gasteiger partial charge in [-0.25, -0.2) is 4.98 Å². The Morgan fingerprint density at radius 3 is 2.83 bits per heavy atom. The number of methoxy groups -OCH3 is 1. The van der Waals surface area contributed by atoms with E-state index >= 15 is 0 Å². The van der Waals surface area contributed by atoms with Crippen LogP contribution in [0, 0.1) is 12.8 Å². The molecule has 0 spiro atoms. The molecule has 1 saturated carbocycles. The minimum atomic E-state index is 0.00837. The van der Waals surface area contributed by atoms with E-state index in [9.17, 15) is 4.79 Å². The van der Waals surface area contributed by atoms with Gasteiger partial charge in [0, 0.05) is 36.0 Å². The lowest BCUT2D eigenvalue weighted by molar-refractivity contribution is 0.285. The zero-order chi connectivity index (χ0) is 20.7. The van der Waals surface area contributed by atoms with E-state index in [1.165, 1.54) is 0 Å². The molecule has 2 aliphatic rings. The third-order valence-electron chi connectivity index (χ3n) is 5.98. The first-order valence-electron chi connectivity index (χ1n) is 10.3. The Balaban J connectivity index is 1.35. The predicted octanol–water partition coefficient (Wildman–Crippen LogP) is 3.15. The first-order chi connectivity index (χ1) is 14.6. The van der Waals surface area contributed by atoms with Gasteiger partial charge in [0.25, 0.3) is 5.56 Å². The van der Waals surface area contributed by atoms with Gasteiger partial charge < -0.3 is 14.0 Å². The summed E-state index contributed by atoms with van der Waals surface area (Å²) in [6, 6.07) is 7.85. The summed E-state index contributed by atoms with van der Waals surface area (Å²) < 4.78 is 13.1. The molecule has 0 amide bonds. The van der Waals surface area contributed by atoms with Crippen molar-refractivity contribution in [3.63, 3.8) is 0 Å².